The molecule has 3 rings (SSSR count). The monoisotopic (exact) mass is 404 g/mol. The smallest absolute Gasteiger partial charge is 0.336 e. The summed E-state index contributed by atoms with van der Waals surface area (Å²) in [5, 5.41) is 30.7. The summed E-state index contributed by atoms with van der Waals surface area (Å²) in [6.45, 7) is 0. The summed E-state index contributed by atoms with van der Waals surface area (Å²) < 4.78 is 0. The Balaban J connectivity index is 2.03. The number of amides is 1. The molecule has 9 heteroatoms. The van der Waals surface area contributed by atoms with E-state index < -0.39 is 16.8 Å². The van der Waals surface area contributed by atoms with Gasteiger partial charge in [0.1, 0.15) is 5.84 Å². The number of nitro benzene ring substituents is 1. The molecule has 0 atom stereocenters. The van der Waals surface area contributed by atoms with Gasteiger partial charge in [0.25, 0.3) is 11.6 Å². The van der Waals surface area contributed by atoms with E-state index in [1.165, 1.54) is 12.1 Å². The van der Waals surface area contributed by atoms with E-state index in [2.05, 4.69) is 5.32 Å². The number of carbonyl (C=O) groups excluding carboxylic acids is 1. The van der Waals surface area contributed by atoms with Crippen molar-refractivity contribution in [3.05, 3.63) is 93.5 Å². The second-order valence-corrected chi connectivity index (χ2v) is 6.28. The maximum absolute atomic E-state index is 12.9. The first-order valence-electron chi connectivity index (χ1n) is 8.65. The Morgan fingerprint density at radius 3 is 2.23 bits per heavy atom. The molecule has 0 unspecified atom stereocenters. The SMILES string of the molecule is N=C(N)c1ccc(NC(=O)c2ccccc2-c2cc([N+](=O)[O-])ccc2C(=O)O)cc1. The summed E-state index contributed by atoms with van der Waals surface area (Å²) in [4.78, 5) is 35.0. The number of amidine groups is 1. The zero-order valence-electron chi connectivity index (χ0n) is 15.5. The van der Waals surface area contributed by atoms with Crippen molar-refractivity contribution < 1.29 is 19.6 Å². The predicted molar refractivity (Wildman–Crippen MR) is 111 cm³/mol. The first-order chi connectivity index (χ1) is 14.3. The van der Waals surface area contributed by atoms with Crippen LogP contribution >= 0.6 is 0 Å². The molecule has 150 valence electrons. The average Bonchev–Trinajstić information content (AvgIpc) is 2.73. The van der Waals surface area contributed by atoms with E-state index in [1.807, 2.05) is 0 Å². The fraction of sp³-hybridized carbons (Fsp3) is 0. The molecule has 0 saturated carbocycles. The van der Waals surface area contributed by atoms with Gasteiger partial charge in [0.2, 0.25) is 0 Å². The molecule has 5 N–H and O–H groups in total. The number of hydrogen-bond donors (Lipinski definition) is 4. The number of carboxylic acid groups (broad SMARTS) is 1. The molecule has 0 heterocycles. The van der Waals surface area contributed by atoms with E-state index in [-0.39, 0.29) is 33.8 Å². The maximum atomic E-state index is 12.9. The highest BCUT2D eigenvalue weighted by Gasteiger charge is 2.21. The number of nitrogens with zero attached hydrogens (tertiary/aromatic N) is 1. The molecular weight excluding hydrogens is 388 g/mol. The molecule has 0 saturated heterocycles. The highest BCUT2D eigenvalue weighted by atomic mass is 16.6. The zero-order chi connectivity index (χ0) is 21.8. The van der Waals surface area contributed by atoms with Crippen molar-refractivity contribution in [2.24, 2.45) is 5.73 Å². The minimum absolute atomic E-state index is 0.0642. The lowest BCUT2D eigenvalue weighted by molar-refractivity contribution is -0.384. The minimum Gasteiger partial charge on any atom is -0.478 e. The second kappa shape index (κ2) is 8.23. The molecule has 0 aliphatic rings. The van der Waals surface area contributed by atoms with E-state index in [9.17, 15) is 24.8 Å². The van der Waals surface area contributed by atoms with Gasteiger partial charge in [-0.15, -0.1) is 0 Å². The van der Waals surface area contributed by atoms with Crippen LogP contribution in [0, 0.1) is 15.5 Å². The normalized spacial score (nSPS) is 10.3. The standard InChI is InChI=1S/C21H16N4O5/c22-19(23)12-5-7-13(8-6-12)24-20(26)16-4-2-1-3-15(16)18-11-14(25(29)30)9-10-17(18)21(27)28/h1-11H,(H3,22,23)(H,24,26)(H,27,28). The Kier molecular flexibility index (Phi) is 5.54. The van der Waals surface area contributed by atoms with Gasteiger partial charge in [-0.1, -0.05) is 18.2 Å². The van der Waals surface area contributed by atoms with Gasteiger partial charge in [-0.05, 0) is 42.0 Å². The first-order valence-corrected chi connectivity index (χ1v) is 8.65. The highest BCUT2D eigenvalue weighted by molar-refractivity contribution is 6.10. The number of nitrogens with one attached hydrogen (secondary N) is 2. The quantitative estimate of drug-likeness (QED) is 0.213. The molecule has 0 bridgehead atoms. The van der Waals surface area contributed by atoms with Crippen molar-refractivity contribution in [1.29, 1.82) is 5.41 Å². The van der Waals surface area contributed by atoms with Gasteiger partial charge in [-0.2, -0.15) is 0 Å². The van der Waals surface area contributed by atoms with Crippen molar-refractivity contribution in [3.63, 3.8) is 0 Å². The molecule has 3 aromatic rings. The molecule has 3 aromatic carbocycles. The molecule has 0 aliphatic heterocycles. The first kappa shape index (κ1) is 20.2. The lowest BCUT2D eigenvalue weighted by Gasteiger charge is -2.13. The Morgan fingerprint density at radius 2 is 1.63 bits per heavy atom. The number of carboxylic acids is 1. The Morgan fingerprint density at radius 1 is 0.967 bits per heavy atom. The summed E-state index contributed by atoms with van der Waals surface area (Å²) in [6.07, 6.45) is 0. The number of carbonyl (C=O) groups is 2. The number of rotatable bonds is 6. The molecule has 9 nitrogen and oxygen atoms in total. The predicted octanol–water partition coefficient (Wildman–Crippen LogP) is 3.50. The largest absolute Gasteiger partial charge is 0.478 e. The van der Waals surface area contributed by atoms with Crippen LogP contribution in [0.5, 0.6) is 0 Å². The molecule has 0 radical (unpaired) electrons. The number of nitrogen functional groups attached to an aromatic ring is 1. The number of hydrogen-bond acceptors (Lipinski definition) is 5. The van der Waals surface area contributed by atoms with Crippen LogP contribution in [0.1, 0.15) is 26.3 Å². The van der Waals surface area contributed by atoms with Crippen LogP contribution in [0.4, 0.5) is 11.4 Å². The van der Waals surface area contributed by atoms with Crippen molar-refractivity contribution in [1.82, 2.24) is 0 Å². The van der Waals surface area contributed by atoms with E-state index >= 15 is 0 Å². The van der Waals surface area contributed by atoms with Gasteiger partial charge in [0.05, 0.1) is 10.5 Å². The molecule has 0 aliphatic carbocycles. The van der Waals surface area contributed by atoms with Crippen LogP contribution < -0.4 is 11.1 Å². The van der Waals surface area contributed by atoms with Crippen molar-refractivity contribution >= 4 is 29.1 Å². The summed E-state index contributed by atoms with van der Waals surface area (Å²) >= 11 is 0. The van der Waals surface area contributed by atoms with Crippen molar-refractivity contribution in [2.75, 3.05) is 5.32 Å². The number of benzene rings is 3. The third kappa shape index (κ3) is 4.14. The van der Waals surface area contributed by atoms with Crippen LogP contribution in [0.2, 0.25) is 0 Å². The summed E-state index contributed by atoms with van der Waals surface area (Å²) in [6, 6.07) is 15.9. The summed E-state index contributed by atoms with van der Waals surface area (Å²) in [5.74, 6) is -1.90. The maximum Gasteiger partial charge on any atom is 0.336 e. The number of nitrogens with two attached hydrogens (primary N) is 1. The van der Waals surface area contributed by atoms with Gasteiger partial charge in [-0.3, -0.25) is 20.3 Å². The number of nitro groups is 1. The van der Waals surface area contributed by atoms with Crippen LogP contribution in [0.25, 0.3) is 11.1 Å². The lowest BCUT2D eigenvalue weighted by Crippen LogP contribution is -2.14. The van der Waals surface area contributed by atoms with Gasteiger partial charge in [0.15, 0.2) is 0 Å². The molecule has 1 amide bonds. The van der Waals surface area contributed by atoms with E-state index in [1.54, 1.807) is 36.4 Å². The molecule has 0 aromatic heterocycles. The van der Waals surface area contributed by atoms with Crippen molar-refractivity contribution in [3.8, 4) is 11.1 Å². The van der Waals surface area contributed by atoms with Gasteiger partial charge >= 0.3 is 5.97 Å². The van der Waals surface area contributed by atoms with Gasteiger partial charge < -0.3 is 16.2 Å². The van der Waals surface area contributed by atoms with Crippen LogP contribution in [0.3, 0.4) is 0 Å². The zero-order valence-corrected chi connectivity index (χ0v) is 15.5. The molecule has 0 spiro atoms. The Bertz CT molecular complexity index is 1170. The van der Waals surface area contributed by atoms with E-state index in [0.29, 0.717) is 11.3 Å². The van der Waals surface area contributed by atoms with E-state index in [4.69, 9.17) is 11.1 Å². The van der Waals surface area contributed by atoms with E-state index in [0.717, 1.165) is 18.2 Å². The topological polar surface area (TPSA) is 159 Å². The number of non-ortho nitro benzene ring substituents is 1. The highest BCUT2D eigenvalue weighted by Crippen LogP contribution is 2.31. The molecular formula is C21H16N4O5. The van der Waals surface area contributed by atoms with Gasteiger partial charge in [0, 0.05) is 34.5 Å². The van der Waals surface area contributed by atoms with Crippen molar-refractivity contribution in [2.45, 2.75) is 0 Å². The van der Waals surface area contributed by atoms with Crippen LogP contribution in [-0.2, 0) is 0 Å². The third-order valence-corrected chi connectivity index (χ3v) is 4.36. The third-order valence-electron chi connectivity index (χ3n) is 4.36. The summed E-state index contributed by atoms with van der Waals surface area (Å²) in [5.41, 5.74) is 6.36. The number of anilines is 1. The lowest BCUT2D eigenvalue weighted by atomic mass is 9.94. The Hall–Kier alpha value is -4.53. The summed E-state index contributed by atoms with van der Waals surface area (Å²) in [7, 11) is 0. The van der Waals surface area contributed by atoms with Gasteiger partial charge in [-0.25, -0.2) is 4.79 Å². The minimum atomic E-state index is -1.27. The average molecular weight is 404 g/mol. The van der Waals surface area contributed by atoms with Crippen LogP contribution in [0.15, 0.2) is 66.7 Å². The number of aromatic carboxylic acids is 1. The fourth-order valence-electron chi connectivity index (χ4n) is 2.90. The Labute approximate surface area is 170 Å². The van der Waals surface area contributed by atoms with Crippen LogP contribution in [-0.4, -0.2) is 27.7 Å². The molecule has 30 heavy (non-hydrogen) atoms. The second-order valence-electron chi connectivity index (χ2n) is 6.28. The molecule has 0 fully saturated rings. The fourth-order valence-corrected chi connectivity index (χ4v) is 2.90.